The van der Waals surface area contributed by atoms with E-state index < -0.39 is 6.04 Å². The Kier molecular flexibility index (Phi) is 5.16. The van der Waals surface area contributed by atoms with Crippen LogP contribution in [0.5, 0.6) is 0 Å². The summed E-state index contributed by atoms with van der Waals surface area (Å²) >= 11 is 5.71. The largest absolute Gasteiger partial charge is 0.394 e. The monoisotopic (exact) mass is 289 g/mol. The third-order valence-electron chi connectivity index (χ3n) is 3.06. The summed E-state index contributed by atoms with van der Waals surface area (Å²) in [6.07, 6.45) is 0. The van der Waals surface area contributed by atoms with Gasteiger partial charge >= 0.3 is 0 Å². The molecule has 0 aliphatic heterocycles. The second kappa shape index (κ2) is 7.08. The lowest BCUT2D eigenvalue weighted by atomic mass is 10.1. The molecule has 104 valence electrons. The lowest BCUT2D eigenvalue weighted by Crippen LogP contribution is -2.30. The highest BCUT2D eigenvalue weighted by atomic mass is 35.5. The van der Waals surface area contributed by atoms with Gasteiger partial charge in [-0.25, -0.2) is 0 Å². The van der Waals surface area contributed by atoms with Crippen LogP contribution >= 0.6 is 11.6 Å². The summed E-state index contributed by atoms with van der Waals surface area (Å²) in [7, 11) is 0. The maximum absolute atomic E-state index is 12.1. The molecule has 2 rings (SSSR count). The van der Waals surface area contributed by atoms with Gasteiger partial charge in [0.1, 0.15) is 0 Å². The third kappa shape index (κ3) is 3.59. The van der Waals surface area contributed by atoms with Crippen molar-refractivity contribution in [3.63, 3.8) is 0 Å². The molecule has 0 bridgehead atoms. The zero-order chi connectivity index (χ0) is 14.4. The second-order valence-corrected chi connectivity index (χ2v) is 4.72. The van der Waals surface area contributed by atoms with Crippen LogP contribution in [0.1, 0.15) is 27.5 Å². The first-order valence-electron chi connectivity index (χ1n) is 6.36. The summed E-state index contributed by atoms with van der Waals surface area (Å²) in [5.41, 5.74) is 2.39. The molecule has 4 heteroatoms. The van der Waals surface area contributed by atoms with Crippen LogP contribution in [0.25, 0.3) is 0 Å². The Labute approximate surface area is 123 Å². The maximum atomic E-state index is 12.1. The van der Waals surface area contributed by atoms with E-state index in [9.17, 15) is 9.90 Å². The smallest absolute Gasteiger partial charge is 0.251 e. The Morgan fingerprint density at radius 1 is 1.10 bits per heavy atom. The minimum Gasteiger partial charge on any atom is -0.394 e. The number of amides is 1. The number of rotatable bonds is 5. The molecule has 0 spiro atoms. The van der Waals surface area contributed by atoms with E-state index in [4.69, 9.17) is 11.6 Å². The molecule has 0 saturated heterocycles. The summed E-state index contributed by atoms with van der Waals surface area (Å²) < 4.78 is 0. The van der Waals surface area contributed by atoms with Crippen LogP contribution in [-0.4, -0.2) is 17.6 Å². The number of nitrogens with one attached hydrogen (secondary N) is 1. The van der Waals surface area contributed by atoms with Gasteiger partial charge in [0.25, 0.3) is 5.91 Å². The number of aliphatic hydroxyl groups is 1. The van der Waals surface area contributed by atoms with E-state index in [2.05, 4.69) is 5.32 Å². The Morgan fingerprint density at radius 3 is 2.30 bits per heavy atom. The van der Waals surface area contributed by atoms with Crippen LogP contribution in [0, 0.1) is 0 Å². The number of carbonyl (C=O) groups is 1. The summed E-state index contributed by atoms with van der Waals surface area (Å²) in [6, 6.07) is 16.1. The van der Waals surface area contributed by atoms with Gasteiger partial charge in [0.15, 0.2) is 0 Å². The molecule has 1 atom stereocenters. The number of halogens is 1. The number of alkyl halides is 1. The Morgan fingerprint density at radius 2 is 1.75 bits per heavy atom. The Balaban J connectivity index is 2.09. The number of hydrogen-bond acceptors (Lipinski definition) is 2. The molecule has 2 aromatic carbocycles. The maximum Gasteiger partial charge on any atom is 0.251 e. The van der Waals surface area contributed by atoms with Crippen molar-refractivity contribution >= 4 is 17.5 Å². The van der Waals surface area contributed by atoms with Gasteiger partial charge in [0.05, 0.1) is 12.6 Å². The molecule has 0 heterocycles. The molecular formula is C16H16ClNO2. The Bertz CT molecular complexity index is 554. The van der Waals surface area contributed by atoms with Crippen molar-refractivity contribution in [2.75, 3.05) is 6.61 Å². The van der Waals surface area contributed by atoms with Gasteiger partial charge in [-0.2, -0.15) is 0 Å². The quantitative estimate of drug-likeness (QED) is 0.832. The SMILES string of the molecule is O=C(N[C@H](CO)c1ccccc1)c1ccc(CCl)cc1. The van der Waals surface area contributed by atoms with Crippen LogP contribution in [-0.2, 0) is 5.88 Å². The van der Waals surface area contributed by atoms with Gasteiger partial charge in [-0.05, 0) is 23.3 Å². The van der Waals surface area contributed by atoms with Crippen LogP contribution in [0.2, 0.25) is 0 Å². The highest BCUT2D eigenvalue weighted by Gasteiger charge is 2.14. The molecule has 0 aromatic heterocycles. The van der Waals surface area contributed by atoms with Crippen molar-refractivity contribution < 1.29 is 9.90 Å². The lowest BCUT2D eigenvalue weighted by Gasteiger charge is -2.16. The molecule has 0 saturated carbocycles. The minimum atomic E-state index is -0.406. The molecule has 20 heavy (non-hydrogen) atoms. The normalized spacial score (nSPS) is 11.9. The van der Waals surface area contributed by atoms with Crippen LogP contribution < -0.4 is 5.32 Å². The summed E-state index contributed by atoms with van der Waals surface area (Å²) in [5, 5.41) is 12.2. The third-order valence-corrected chi connectivity index (χ3v) is 3.37. The molecule has 0 fully saturated rings. The molecule has 0 aliphatic rings. The van der Waals surface area contributed by atoms with Crippen molar-refractivity contribution in [2.24, 2.45) is 0 Å². The van der Waals surface area contributed by atoms with E-state index in [0.29, 0.717) is 11.4 Å². The van der Waals surface area contributed by atoms with Gasteiger partial charge in [-0.3, -0.25) is 4.79 Å². The molecule has 3 nitrogen and oxygen atoms in total. The van der Waals surface area contributed by atoms with Gasteiger partial charge in [-0.1, -0.05) is 42.5 Å². The number of benzene rings is 2. The van der Waals surface area contributed by atoms with Crippen LogP contribution in [0.15, 0.2) is 54.6 Å². The van der Waals surface area contributed by atoms with Crippen molar-refractivity contribution in [3.05, 3.63) is 71.3 Å². The molecule has 2 N–H and O–H groups in total. The molecule has 0 unspecified atom stereocenters. The van der Waals surface area contributed by atoms with E-state index in [1.165, 1.54) is 0 Å². The van der Waals surface area contributed by atoms with Crippen molar-refractivity contribution in [3.8, 4) is 0 Å². The molecule has 0 radical (unpaired) electrons. The van der Waals surface area contributed by atoms with Crippen LogP contribution in [0.4, 0.5) is 0 Å². The van der Waals surface area contributed by atoms with E-state index in [0.717, 1.165) is 11.1 Å². The zero-order valence-corrected chi connectivity index (χ0v) is 11.7. The highest BCUT2D eigenvalue weighted by molar-refractivity contribution is 6.17. The first-order chi connectivity index (χ1) is 9.74. The molecular weight excluding hydrogens is 274 g/mol. The average molecular weight is 290 g/mol. The van der Waals surface area contributed by atoms with Crippen LogP contribution in [0.3, 0.4) is 0 Å². The second-order valence-electron chi connectivity index (χ2n) is 4.45. The number of hydrogen-bond donors (Lipinski definition) is 2. The first kappa shape index (κ1) is 14.6. The van der Waals surface area contributed by atoms with E-state index >= 15 is 0 Å². The predicted octanol–water partition coefficient (Wildman–Crippen LogP) is 2.89. The van der Waals surface area contributed by atoms with Crippen molar-refractivity contribution in [1.82, 2.24) is 5.32 Å². The topological polar surface area (TPSA) is 49.3 Å². The van der Waals surface area contributed by atoms with Gasteiger partial charge in [-0.15, -0.1) is 11.6 Å². The lowest BCUT2D eigenvalue weighted by molar-refractivity contribution is 0.0916. The molecule has 0 aliphatic carbocycles. The number of carbonyl (C=O) groups excluding carboxylic acids is 1. The van der Waals surface area contributed by atoms with Gasteiger partial charge in [0, 0.05) is 11.4 Å². The van der Waals surface area contributed by atoms with Gasteiger partial charge in [0.2, 0.25) is 0 Å². The summed E-state index contributed by atoms with van der Waals surface area (Å²) in [6.45, 7) is -0.143. The Hall–Kier alpha value is -1.84. The summed E-state index contributed by atoms with van der Waals surface area (Å²) in [4.78, 5) is 12.1. The van der Waals surface area contributed by atoms with E-state index in [1.807, 2.05) is 42.5 Å². The number of aliphatic hydroxyl groups excluding tert-OH is 1. The highest BCUT2D eigenvalue weighted by Crippen LogP contribution is 2.13. The fourth-order valence-corrected chi connectivity index (χ4v) is 2.08. The fraction of sp³-hybridized carbons (Fsp3) is 0.188. The predicted molar refractivity (Wildman–Crippen MR) is 79.7 cm³/mol. The first-order valence-corrected chi connectivity index (χ1v) is 6.89. The van der Waals surface area contributed by atoms with E-state index in [-0.39, 0.29) is 12.5 Å². The van der Waals surface area contributed by atoms with Gasteiger partial charge < -0.3 is 10.4 Å². The standard InChI is InChI=1S/C16H16ClNO2/c17-10-12-6-8-14(9-7-12)16(20)18-15(11-19)13-4-2-1-3-5-13/h1-9,15,19H,10-11H2,(H,18,20)/t15-/m1/s1. The average Bonchev–Trinajstić information content (AvgIpc) is 2.53. The van der Waals surface area contributed by atoms with Crippen molar-refractivity contribution in [2.45, 2.75) is 11.9 Å². The molecule has 2 aromatic rings. The fourth-order valence-electron chi connectivity index (χ4n) is 1.91. The van der Waals surface area contributed by atoms with E-state index in [1.54, 1.807) is 12.1 Å². The molecule has 1 amide bonds. The zero-order valence-electron chi connectivity index (χ0n) is 10.9. The minimum absolute atomic E-state index is 0.143. The summed E-state index contributed by atoms with van der Waals surface area (Å²) in [5.74, 6) is 0.208. The van der Waals surface area contributed by atoms with Crippen molar-refractivity contribution in [1.29, 1.82) is 0 Å².